The molecule has 0 aliphatic heterocycles. The monoisotopic (exact) mass is 523 g/mol. The first-order valence-electron chi connectivity index (χ1n) is 6.10. The number of esters is 1. The van der Waals surface area contributed by atoms with E-state index in [1.807, 2.05) is 0 Å². The van der Waals surface area contributed by atoms with Crippen LogP contribution >= 0.6 is 59.6 Å². The average Bonchev–Trinajstić information content (AvgIpc) is 2.49. The number of rotatable bonds is 5. The highest BCUT2D eigenvalue weighted by Crippen LogP contribution is 2.37. The summed E-state index contributed by atoms with van der Waals surface area (Å²) in [5, 5.41) is 10.9. The molecule has 5 nitrogen and oxygen atoms in total. The summed E-state index contributed by atoms with van der Waals surface area (Å²) in [7, 11) is 0. The number of ether oxygens (including phenoxy) is 1. The average molecular weight is 526 g/mol. The van der Waals surface area contributed by atoms with E-state index in [2.05, 4.69) is 47.8 Å². The third-order valence-corrected chi connectivity index (χ3v) is 5.26. The van der Waals surface area contributed by atoms with Crippen molar-refractivity contribution < 1.29 is 14.5 Å². The Morgan fingerprint density at radius 3 is 2.39 bits per heavy atom. The van der Waals surface area contributed by atoms with Gasteiger partial charge in [-0.1, -0.05) is 28.1 Å². The maximum atomic E-state index is 12.0. The van der Waals surface area contributed by atoms with Gasteiger partial charge < -0.3 is 4.74 Å². The predicted molar refractivity (Wildman–Crippen MR) is 99.0 cm³/mol. The van der Waals surface area contributed by atoms with Crippen LogP contribution in [0.4, 0.5) is 5.69 Å². The van der Waals surface area contributed by atoms with Gasteiger partial charge in [0.1, 0.15) is 0 Å². The Labute approximate surface area is 161 Å². The number of carbonyl (C=O) groups is 1. The first-order valence-corrected chi connectivity index (χ1v) is 9.46. The fraction of sp³-hybridized carbons (Fsp3) is 0.0714. The Morgan fingerprint density at radius 1 is 1.17 bits per heavy atom. The molecule has 2 aromatic carbocycles. The van der Waals surface area contributed by atoms with Crippen molar-refractivity contribution in [1.29, 1.82) is 0 Å². The highest BCUT2D eigenvalue weighted by atomic mass is 79.9. The van der Waals surface area contributed by atoms with Gasteiger partial charge in [-0.05, 0) is 50.1 Å². The molecule has 0 saturated carbocycles. The van der Waals surface area contributed by atoms with Gasteiger partial charge in [0, 0.05) is 10.5 Å². The van der Waals surface area contributed by atoms with E-state index < -0.39 is 10.9 Å². The summed E-state index contributed by atoms with van der Waals surface area (Å²) in [4.78, 5) is 22.9. The van der Waals surface area contributed by atoms with Crippen molar-refractivity contribution in [2.75, 3.05) is 5.75 Å². The third kappa shape index (κ3) is 5.03. The Bertz CT molecular complexity index is 746. The summed E-state index contributed by atoms with van der Waals surface area (Å²) in [6, 6.07) is 9.77. The molecule has 0 aliphatic rings. The van der Waals surface area contributed by atoms with E-state index >= 15 is 0 Å². The summed E-state index contributed by atoms with van der Waals surface area (Å²) in [6.07, 6.45) is 0. The van der Waals surface area contributed by atoms with Crippen molar-refractivity contribution in [3.8, 4) is 5.75 Å². The first kappa shape index (κ1) is 18.4. The zero-order valence-electron chi connectivity index (χ0n) is 11.3. The molecule has 0 radical (unpaired) electrons. The van der Waals surface area contributed by atoms with Crippen molar-refractivity contribution in [2.45, 2.75) is 4.90 Å². The SMILES string of the molecule is O=C(CSc1ccccc1[N+](=O)[O-])Oc1c(Br)cc(Br)cc1Br. The molecule has 0 aliphatic carbocycles. The van der Waals surface area contributed by atoms with Gasteiger partial charge in [-0.2, -0.15) is 0 Å². The molecule has 2 rings (SSSR count). The summed E-state index contributed by atoms with van der Waals surface area (Å²) in [5.41, 5.74) is -0.0312. The molecule has 0 bridgehead atoms. The van der Waals surface area contributed by atoms with E-state index in [0.29, 0.717) is 19.6 Å². The van der Waals surface area contributed by atoms with Gasteiger partial charge in [0.25, 0.3) is 5.69 Å². The second kappa shape index (κ2) is 8.27. The molecular formula is C14H8Br3NO4S. The number of halogens is 3. The lowest BCUT2D eigenvalue weighted by Crippen LogP contribution is -2.11. The van der Waals surface area contributed by atoms with E-state index in [4.69, 9.17) is 4.74 Å². The molecule has 0 atom stereocenters. The van der Waals surface area contributed by atoms with Crippen LogP contribution in [0.15, 0.2) is 54.7 Å². The standard InChI is InChI=1S/C14H8Br3NO4S/c15-8-5-9(16)14(10(17)6-8)22-13(19)7-23-12-4-2-1-3-11(12)18(20)21/h1-6H,7H2. The zero-order valence-corrected chi connectivity index (χ0v) is 16.9. The van der Waals surface area contributed by atoms with Gasteiger partial charge in [-0.15, -0.1) is 11.8 Å². The molecular weight excluding hydrogens is 518 g/mol. The van der Waals surface area contributed by atoms with Crippen LogP contribution in [0, 0.1) is 10.1 Å². The number of thioether (sulfide) groups is 1. The highest BCUT2D eigenvalue weighted by Gasteiger charge is 2.17. The van der Waals surface area contributed by atoms with Crippen LogP contribution < -0.4 is 4.74 Å². The summed E-state index contributed by atoms with van der Waals surface area (Å²) in [6.45, 7) is 0. The summed E-state index contributed by atoms with van der Waals surface area (Å²) >= 11 is 11.0. The molecule has 2 aromatic rings. The number of nitrogens with zero attached hydrogens (tertiary/aromatic N) is 1. The minimum Gasteiger partial charge on any atom is -0.423 e. The lowest BCUT2D eigenvalue weighted by Gasteiger charge is -2.09. The lowest BCUT2D eigenvalue weighted by atomic mass is 10.3. The third-order valence-electron chi connectivity index (χ3n) is 2.59. The minimum absolute atomic E-state index is 0.0312. The molecule has 120 valence electrons. The molecule has 0 spiro atoms. The molecule has 0 saturated heterocycles. The zero-order chi connectivity index (χ0) is 17.0. The number of para-hydroxylation sites is 1. The molecule has 0 aromatic heterocycles. The second-order valence-electron chi connectivity index (χ2n) is 4.19. The topological polar surface area (TPSA) is 69.4 Å². The second-order valence-corrected chi connectivity index (χ2v) is 7.83. The van der Waals surface area contributed by atoms with Gasteiger partial charge in [-0.25, -0.2) is 0 Å². The van der Waals surface area contributed by atoms with Crippen molar-refractivity contribution >= 4 is 71.2 Å². The number of hydrogen-bond acceptors (Lipinski definition) is 5. The van der Waals surface area contributed by atoms with Gasteiger partial charge >= 0.3 is 5.97 Å². The van der Waals surface area contributed by atoms with Crippen LogP contribution in [0.3, 0.4) is 0 Å². The van der Waals surface area contributed by atoms with Crippen LogP contribution in [0.5, 0.6) is 5.75 Å². The van der Waals surface area contributed by atoms with Crippen molar-refractivity contribution in [3.05, 3.63) is 59.9 Å². The normalized spacial score (nSPS) is 10.4. The summed E-state index contributed by atoms with van der Waals surface area (Å²) in [5.74, 6) is -0.182. The van der Waals surface area contributed by atoms with Crippen LogP contribution in [-0.2, 0) is 4.79 Å². The largest absolute Gasteiger partial charge is 0.423 e. The molecule has 0 amide bonds. The Morgan fingerprint density at radius 2 is 1.78 bits per heavy atom. The lowest BCUT2D eigenvalue weighted by molar-refractivity contribution is -0.387. The number of hydrogen-bond donors (Lipinski definition) is 0. The van der Waals surface area contributed by atoms with E-state index in [9.17, 15) is 14.9 Å². The van der Waals surface area contributed by atoms with E-state index in [1.54, 1.807) is 30.3 Å². The van der Waals surface area contributed by atoms with Crippen LogP contribution in [-0.4, -0.2) is 16.6 Å². The van der Waals surface area contributed by atoms with Crippen molar-refractivity contribution in [2.24, 2.45) is 0 Å². The molecule has 0 heterocycles. The Balaban J connectivity index is 2.06. The number of benzene rings is 2. The predicted octanol–water partition coefficient (Wildman–Crippen LogP) is 5.58. The number of nitro benzene ring substituents is 1. The van der Waals surface area contributed by atoms with Crippen LogP contribution in [0.1, 0.15) is 0 Å². The number of nitro groups is 1. The van der Waals surface area contributed by atoms with Gasteiger partial charge in [0.05, 0.1) is 24.5 Å². The van der Waals surface area contributed by atoms with Crippen LogP contribution in [0.25, 0.3) is 0 Å². The van der Waals surface area contributed by atoms with Crippen LogP contribution in [0.2, 0.25) is 0 Å². The number of carbonyl (C=O) groups excluding carboxylic acids is 1. The molecule has 23 heavy (non-hydrogen) atoms. The summed E-state index contributed by atoms with van der Waals surface area (Å²) < 4.78 is 7.36. The maximum Gasteiger partial charge on any atom is 0.321 e. The Hall–Kier alpha value is -0.900. The molecule has 0 unspecified atom stereocenters. The molecule has 0 fully saturated rings. The highest BCUT2D eigenvalue weighted by molar-refractivity contribution is 9.11. The quantitative estimate of drug-likeness (QED) is 0.168. The smallest absolute Gasteiger partial charge is 0.321 e. The van der Waals surface area contributed by atoms with Gasteiger partial charge in [0.15, 0.2) is 5.75 Å². The Kier molecular flexibility index (Phi) is 6.63. The first-order chi connectivity index (χ1) is 10.9. The van der Waals surface area contributed by atoms with E-state index in [1.165, 1.54) is 6.07 Å². The van der Waals surface area contributed by atoms with Crippen molar-refractivity contribution in [1.82, 2.24) is 0 Å². The van der Waals surface area contributed by atoms with Gasteiger partial charge in [0.2, 0.25) is 0 Å². The molecule has 0 N–H and O–H groups in total. The maximum absolute atomic E-state index is 12.0. The van der Waals surface area contributed by atoms with Gasteiger partial charge in [-0.3, -0.25) is 14.9 Å². The van der Waals surface area contributed by atoms with E-state index in [-0.39, 0.29) is 11.4 Å². The van der Waals surface area contributed by atoms with Crippen molar-refractivity contribution in [3.63, 3.8) is 0 Å². The van der Waals surface area contributed by atoms with E-state index in [0.717, 1.165) is 16.2 Å². The fourth-order valence-electron chi connectivity index (χ4n) is 1.64. The fourth-order valence-corrected chi connectivity index (χ4v) is 4.85. The minimum atomic E-state index is -0.503. The molecule has 9 heteroatoms.